The molecule has 3 aliphatic heterocycles. The molecule has 2 aromatic rings. The topological polar surface area (TPSA) is 66.5 Å². The molecular formula is C22H18O6. The standard InChI is InChI=1S/C22H18O6/c23-17-13-6-3-9-21(24-10-11-25-21)19(13)22(20-18(17)26-20)27-14-7-1-4-12-5-2-8-15(28-22)16(12)14/h1-2,4-5,7-8,18,20H,3,6,9-11H2. The Morgan fingerprint density at radius 2 is 1.68 bits per heavy atom. The molecule has 0 N–H and O–H groups in total. The zero-order chi connectivity index (χ0) is 18.5. The van der Waals surface area contributed by atoms with Crippen molar-refractivity contribution >= 4 is 16.6 Å². The van der Waals surface area contributed by atoms with Crippen molar-refractivity contribution < 1.29 is 28.5 Å². The average molecular weight is 378 g/mol. The Kier molecular flexibility index (Phi) is 2.74. The van der Waals surface area contributed by atoms with Gasteiger partial charge >= 0.3 is 5.79 Å². The van der Waals surface area contributed by atoms with Crippen LogP contribution in [0.2, 0.25) is 0 Å². The molecule has 6 heteroatoms. The molecule has 3 heterocycles. The van der Waals surface area contributed by atoms with E-state index in [0.29, 0.717) is 37.2 Å². The van der Waals surface area contributed by atoms with Crippen molar-refractivity contribution in [2.75, 3.05) is 13.2 Å². The van der Waals surface area contributed by atoms with Gasteiger partial charge in [-0.05, 0) is 30.4 Å². The van der Waals surface area contributed by atoms with Crippen LogP contribution in [0.1, 0.15) is 19.3 Å². The van der Waals surface area contributed by atoms with Gasteiger partial charge in [0, 0.05) is 12.0 Å². The summed E-state index contributed by atoms with van der Waals surface area (Å²) < 4.78 is 31.2. The highest BCUT2D eigenvalue weighted by Gasteiger charge is 2.74. The number of hydrogen-bond donors (Lipinski definition) is 0. The largest absolute Gasteiger partial charge is 0.445 e. The lowest BCUT2D eigenvalue weighted by Crippen LogP contribution is -2.62. The van der Waals surface area contributed by atoms with Gasteiger partial charge in [0.05, 0.1) is 24.2 Å². The molecule has 0 saturated carbocycles. The number of ketones is 1. The normalized spacial score (nSPS) is 30.8. The summed E-state index contributed by atoms with van der Waals surface area (Å²) in [6, 6.07) is 11.9. The van der Waals surface area contributed by atoms with Gasteiger partial charge in [-0.25, -0.2) is 0 Å². The Bertz CT molecular complexity index is 1040. The first-order valence-corrected chi connectivity index (χ1v) is 9.83. The Balaban J connectivity index is 1.50. The summed E-state index contributed by atoms with van der Waals surface area (Å²) in [4.78, 5) is 13.0. The Morgan fingerprint density at radius 1 is 0.964 bits per heavy atom. The first-order chi connectivity index (χ1) is 13.7. The fourth-order valence-corrected chi connectivity index (χ4v) is 5.37. The van der Waals surface area contributed by atoms with E-state index < -0.39 is 23.8 Å². The third kappa shape index (κ3) is 1.72. The van der Waals surface area contributed by atoms with E-state index in [1.165, 1.54) is 0 Å². The van der Waals surface area contributed by atoms with Crippen LogP contribution in [0.15, 0.2) is 47.5 Å². The summed E-state index contributed by atoms with van der Waals surface area (Å²) in [5.41, 5.74) is 1.37. The lowest BCUT2D eigenvalue weighted by Gasteiger charge is -2.47. The van der Waals surface area contributed by atoms with Crippen molar-refractivity contribution in [1.82, 2.24) is 0 Å². The molecular weight excluding hydrogens is 360 g/mol. The second-order valence-electron chi connectivity index (χ2n) is 7.98. The van der Waals surface area contributed by atoms with Crippen molar-refractivity contribution in [3.05, 3.63) is 47.5 Å². The van der Waals surface area contributed by atoms with Gasteiger partial charge in [-0.1, -0.05) is 24.3 Å². The van der Waals surface area contributed by atoms with Gasteiger partial charge in [0.2, 0.25) is 0 Å². The summed E-state index contributed by atoms with van der Waals surface area (Å²) >= 11 is 0. The second kappa shape index (κ2) is 4.95. The molecule has 6 nitrogen and oxygen atoms in total. The Morgan fingerprint density at radius 3 is 2.39 bits per heavy atom. The molecule has 2 spiro atoms. The number of rotatable bonds is 0. The van der Waals surface area contributed by atoms with Crippen LogP contribution in [0.25, 0.3) is 10.8 Å². The average Bonchev–Trinajstić information content (AvgIpc) is 3.42. The number of Topliss-reactive ketones (excluding diaryl/α,β-unsaturated/α-hetero) is 1. The quantitative estimate of drug-likeness (QED) is 0.657. The van der Waals surface area contributed by atoms with Gasteiger partial charge in [0.1, 0.15) is 11.5 Å². The number of benzene rings is 2. The Hall–Kier alpha value is -2.41. The molecule has 7 rings (SSSR count). The lowest BCUT2D eigenvalue weighted by molar-refractivity contribution is -0.195. The van der Waals surface area contributed by atoms with Gasteiger partial charge in [0.25, 0.3) is 0 Å². The molecule has 2 atom stereocenters. The van der Waals surface area contributed by atoms with E-state index in [1.807, 2.05) is 36.4 Å². The molecule has 28 heavy (non-hydrogen) atoms. The predicted molar refractivity (Wildman–Crippen MR) is 97.1 cm³/mol. The van der Waals surface area contributed by atoms with Gasteiger partial charge in [-0.15, -0.1) is 0 Å². The Labute approximate surface area is 161 Å². The number of ether oxygens (including phenoxy) is 5. The summed E-state index contributed by atoms with van der Waals surface area (Å²) in [6.45, 7) is 0.977. The molecule has 0 bridgehead atoms. The van der Waals surface area contributed by atoms with Gasteiger partial charge < -0.3 is 23.7 Å². The highest BCUT2D eigenvalue weighted by molar-refractivity contribution is 6.04. The third-order valence-corrected chi connectivity index (χ3v) is 6.49. The summed E-state index contributed by atoms with van der Waals surface area (Å²) in [7, 11) is 0. The van der Waals surface area contributed by atoms with E-state index in [2.05, 4.69) is 0 Å². The van der Waals surface area contributed by atoms with Gasteiger partial charge in [-0.3, -0.25) is 4.79 Å². The first kappa shape index (κ1) is 15.5. The number of epoxide rings is 1. The minimum Gasteiger partial charge on any atom is -0.445 e. The van der Waals surface area contributed by atoms with Crippen LogP contribution in [0.4, 0.5) is 0 Å². The fraction of sp³-hybridized carbons (Fsp3) is 0.409. The van der Waals surface area contributed by atoms with Crippen molar-refractivity contribution in [2.45, 2.75) is 43.0 Å². The van der Waals surface area contributed by atoms with Crippen LogP contribution in [-0.2, 0) is 19.0 Å². The van der Waals surface area contributed by atoms with Crippen LogP contribution >= 0.6 is 0 Å². The maximum absolute atomic E-state index is 13.0. The zero-order valence-electron chi connectivity index (χ0n) is 15.1. The van der Waals surface area contributed by atoms with Crippen molar-refractivity contribution in [3.8, 4) is 11.5 Å². The van der Waals surface area contributed by atoms with Crippen LogP contribution < -0.4 is 9.47 Å². The van der Waals surface area contributed by atoms with E-state index in [-0.39, 0.29) is 5.78 Å². The van der Waals surface area contributed by atoms with Gasteiger partial charge in [0.15, 0.2) is 23.8 Å². The maximum atomic E-state index is 13.0. The molecule has 142 valence electrons. The highest BCUT2D eigenvalue weighted by atomic mass is 16.8. The molecule has 2 aromatic carbocycles. The van der Waals surface area contributed by atoms with Crippen molar-refractivity contribution in [1.29, 1.82) is 0 Å². The maximum Gasteiger partial charge on any atom is 0.309 e. The monoisotopic (exact) mass is 378 g/mol. The molecule has 0 aromatic heterocycles. The summed E-state index contributed by atoms with van der Waals surface area (Å²) in [5, 5.41) is 1.98. The SMILES string of the molecule is O=C1C2=C(C3(CCC2)OCCO3)C2(Oc3cccc4cccc(c34)O2)C2OC12. The summed E-state index contributed by atoms with van der Waals surface area (Å²) in [6.07, 6.45) is 1.15. The van der Waals surface area contributed by atoms with Crippen LogP contribution in [0.3, 0.4) is 0 Å². The number of carbonyl (C=O) groups is 1. The van der Waals surface area contributed by atoms with E-state index in [9.17, 15) is 4.79 Å². The lowest BCUT2D eigenvalue weighted by atomic mass is 9.74. The van der Waals surface area contributed by atoms with Crippen molar-refractivity contribution in [2.24, 2.45) is 0 Å². The summed E-state index contributed by atoms with van der Waals surface area (Å²) in [5.74, 6) is -0.725. The van der Waals surface area contributed by atoms with E-state index in [0.717, 1.165) is 28.7 Å². The fourth-order valence-electron chi connectivity index (χ4n) is 5.37. The van der Waals surface area contributed by atoms with Gasteiger partial charge in [-0.2, -0.15) is 0 Å². The smallest absolute Gasteiger partial charge is 0.309 e. The number of fused-ring (bicyclic) bond motifs is 4. The molecule has 5 aliphatic rings. The zero-order valence-corrected chi connectivity index (χ0v) is 15.1. The molecule has 2 fully saturated rings. The molecule has 0 amide bonds. The first-order valence-electron chi connectivity index (χ1n) is 9.83. The molecule has 2 aliphatic carbocycles. The van der Waals surface area contributed by atoms with Crippen molar-refractivity contribution in [3.63, 3.8) is 0 Å². The number of hydrogen-bond acceptors (Lipinski definition) is 6. The van der Waals surface area contributed by atoms with E-state index in [4.69, 9.17) is 23.7 Å². The van der Waals surface area contributed by atoms with Crippen LogP contribution in [0, 0.1) is 0 Å². The highest BCUT2D eigenvalue weighted by Crippen LogP contribution is 2.58. The third-order valence-electron chi connectivity index (χ3n) is 6.49. The van der Waals surface area contributed by atoms with E-state index >= 15 is 0 Å². The van der Waals surface area contributed by atoms with Crippen LogP contribution in [-0.4, -0.2) is 42.8 Å². The number of carbonyl (C=O) groups excluding carboxylic acids is 1. The molecule has 2 saturated heterocycles. The minimum absolute atomic E-state index is 0.0214. The predicted octanol–water partition coefficient (Wildman–Crippen LogP) is 2.88. The second-order valence-corrected chi connectivity index (χ2v) is 7.98. The van der Waals surface area contributed by atoms with E-state index in [1.54, 1.807) is 0 Å². The molecule has 0 radical (unpaired) electrons. The van der Waals surface area contributed by atoms with Crippen LogP contribution in [0.5, 0.6) is 11.5 Å². The minimum atomic E-state index is -1.23. The molecule has 2 unspecified atom stereocenters.